The van der Waals surface area contributed by atoms with Crippen LogP contribution in [0.4, 0.5) is 10.1 Å². The van der Waals surface area contributed by atoms with E-state index in [0.717, 1.165) is 15.4 Å². The van der Waals surface area contributed by atoms with E-state index in [1.165, 1.54) is 33.8 Å². The van der Waals surface area contributed by atoms with Crippen LogP contribution in [0.2, 0.25) is 5.02 Å². The molecule has 11 heteroatoms. The molecule has 1 amide bonds. The van der Waals surface area contributed by atoms with Gasteiger partial charge < -0.3 is 10.3 Å². The number of likely N-dealkylation sites (N-methyl/N-ethyl adjacent to an activating group) is 1. The zero-order valence-corrected chi connectivity index (χ0v) is 18.3. The van der Waals surface area contributed by atoms with E-state index in [0.29, 0.717) is 12.1 Å². The number of nitrogens with one attached hydrogen (secondary N) is 3. The molecule has 4 rings (SSSR count). The number of amides is 1. The summed E-state index contributed by atoms with van der Waals surface area (Å²) in [6.07, 6.45) is 3.71. The highest BCUT2D eigenvalue weighted by molar-refractivity contribution is 7.96. The minimum absolute atomic E-state index is 0.0878. The van der Waals surface area contributed by atoms with Crippen LogP contribution in [-0.4, -0.2) is 43.3 Å². The number of anilines is 1. The topological polar surface area (TPSA) is 90.1 Å². The average Bonchev–Trinajstić information content (AvgIpc) is 3.38. The second-order valence-electron chi connectivity index (χ2n) is 6.89. The molecule has 3 aromatic rings. The van der Waals surface area contributed by atoms with Crippen LogP contribution in [0.25, 0.3) is 10.6 Å². The van der Waals surface area contributed by atoms with Gasteiger partial charge in [0.15, 0.2) is 0 Å². The summed E-state index contributed by atoms with van der Waals surface area (Å²) in [5.41, 5.74) is 1.25. The van der Waals surface area contributed by atoms with Crippen molar-refractivity contribution < 1.29 is 13.4 Å². The molecule has 7 nitrogen and oxygen atoms in total. The summed E-state index contributed by atoms with van der Waals surface area (Å²) >= 11 is 7.32. The number of carbonyl (C=O) groups is 1. The van der Waals surface area contributed by atoms with Gasteiger partial charge in [-0.25, -0.2) is 22.6 Å². The Morgan fingerprint density at radius 1 is 1.43 bits per heavy atom. The maximum atomic E-state index is 13.4. The van der Waals surface area contributed by atoms with Gasteiger partial charge in [0.05, 0.1) is 44.1 Å². The van der Waals surface area contributed by atoms with Crippen LogP contribution in [0, 0.1) is 5.82 Å². The zero-order valence-electron chi connectivity index (χ0n) is 15.9. The summed E-state index contributed by atoms with van der Waals surface area (Å²) in [6, 6.07) is 6.81. The Labute approximate surface area is 182 Å². The summed E-state index contributed by atoms with van der Waals surface area (Å²) in [4.78, 5) is 22.0. The number of rotatable bonds is 4. The first-order chi connectivity index (χ1) is 14.2. The molecule has 158 valence electrons. The van der Waals surface area contributed by atoms with Gasteiger partial charge in [-0.3, -0.25) is 4.79 Å². The first-order valence-corrected chi connectivity index (χ1v) is 11.8. The molecule has 0 aliphatic carbocycles. The third-order valence-electron chi connectivity index (χ3n) is 4.91. The van der Waals surface area contributed by atoms with Crippen molar-refractivity contribution in [2.75, 3.05) is 12.4 Å². The van der Waals surface area contributed by atoms with E-state index in [2.05, 4.69) is 25.9 Å². The van der Waals surface area contributed by atoms with Gasteiger partial charge in [0, 0.05) is 17.6 Å². The Morgan fingerprint density at radius 3 is 2.93 bits per heavy atom. The van der Waals surface area contributed by atoms with Crippen molar-refractivity contribution in [2.45, 2.75) is 18.5 Å². The van der Waals surface area contributed by atoms with Crippen LogP contribution in [0.1, 0.15) is 17.3 Å². The number of benzene rings is 1. The second kappa shape index (κ2) is 8.12. The summed E-state index contributed by atoms with van der Waals surface area (Å²) in [6.45, 7) is 0. The molecule has 1 aromatic carbocycles. The van der Waals surface area contributed by atoms with E-state index in [-0.39, 0.29) is 17.0 Å². The quantitative estimate of drug-likeness (QED) is 0.513. The number of halogens is 2. The van der Waals surface area contributed by atoms with Crippen LogP contribution >= 0.6 is 22.9 Å². The van der Waals surface area contributed by atoms with Crippen molar-refractivity contribution in [3.8, 4) is 10.6 Å². The normalized spacial score (nSPS) is 24.6. The fourth-order valence-corrected chi connectivity index (χ4v) is 5.98. The van der Waals surface area contributed by atoms with Crippen molar-refractivity contribution in [3.63, 3.8) is 0 Å². The zero-order chi connectivity index (χ0) is 21.5. The lowest BCUT2D eigenvalue weighted by Gasteiger charge is -2.39. The molecular formula is C19H19ClFN5O2S2. The Kier molecular flexibility index (Phi) is 5.69. The Morgan fingerprint density at radius 2 is 2.23 bits per heavy atom. The molecule has 3 N–H and O–H groups in total. The predicted octanol–water partition coefficient (Wildman–Crippen LogP) is 3.45. The van der Waals surface area contributed by atoms with Crippen LogP contribution in [0.3, 0.4) is 0 Å². The Bertz CT molecular complexity index is 1180. The maximum absolute atomic E-state index is 13.4. The molecule has 3 atom stereocenters. The Hall–Kier alpha value is -2.24. The number of nitrogens with zero attached hydrogens (tertiary/aromatic N) is 2. The molecule has 3 unspecified atom stereocenters. The van der Waals surface area contributed by atoms with E-state index in [1.54, 1.807) is 19.6 Å². The van der Waals surface area contributed by atoms with Gasteiger partial charge in [-0.05, 0) is 42.6 Å². The third kappa shape index (κ3) is 4.14. The lowest BCUT2D eigenvalue weighted by molar-refractivity contribution is -0.120. The van der Waals surface area contributed by atoms with Gasteiger partial charge in [-0.15, -0.1) is 11.3 Å². The predicted molar refractivity (Wildman–Crippen MR) is 119 cm³/mol. The number of imidazole rings is 1. The van der Waals surface area contributed by atoms with Gasteiger partial charge in [0.2, 0.25) is 5.91 Å². The largest absolute Gasteiger partial charge is 0.344 e. The highest BCUT2D eigenvalue weighted by atomic mass is 35.5. The number of hydrogen-bond donors (Lipinski definition) is 3. The summed E-state index contributed by atoms with van der Waals surface area (Å²) < 4.78 is 30.9. The lowest BCUT2D eigenvalue weighted by Crippen LogP contribution is -2.55. The number of aromatic nitrogens is 2. The van der Waals surface area contributed by atoms with E-state index in [4.69, 9.17) is 11.6 Å². The highest BCUT2D eigenvalue weighted by Gasteiger charge is 2.38. The van der Waals surface area contributed by atoms with Gasteiger partial charge in [0.1, 0.15) is 11.9 Å². The molecule has 30 heavy (non-hydrogen) atoms. The third-order valence-corrected chi connectivity index (χ3v) is 8.27. The first-order valence-electron chi connectivity index (χ1n) is 8.96. The molecule has 0 radical (unpaired) electrons. The molecule has 1 saturated heterocycles. The van der Waals surface area contributed by atoms with Crippen LogP contribution in [0.5, 0.6) is 0 Å². The number of thiophene rings is 1. The molecule has 2 aromatic heterocycles. The maximum Gasteiger partial charge on any atom is 0.242 e. The summed E-state index contributed by atoms with van der Waals surface area (Å²) in [5.74, 6) is 2.85. The fraction of sp³-hybridized carbons (Fsp3) is 0.211. The molecule has 0 spiro atoms. The standard InChI is InChI=1S/C19H19ClFN5O2S2/c1-26-16(19(27)24-11-3-4-13(21)12(20)7-11)8-14(25-30(26,2)28)17-5-6-18(29-17)15-9-22-10-23-15/h3-7,9-10,14,16H,2,8H2,1H3,(H,22,23)(H,24,27)(H,25,28). The minimum atomic E-state index is -2.88. The van der Waals surface area contributed by atoms with E-state index in [1.807, 2.05) is 12.1 Å². The number of H-pyrrole nitrogens is 1. The highest BCUT2D eigenvalue weighted by Crippen LogP contribution is 2.35. The van der Waals surface area contributed by atoms with Crippen molar-refractivity contribution in [2.24, 2.45) is 0 Å². The number of hydrogen-bond acceptors (Lipinski definition) is 4. The molecule has 3 heterocycles. The van der Waals surface area contributed by atoms with Gasteiger partial charge in [-0.1, -0.05) is 11.6 Å². The van der Waals surface area contributed by atoms with Crippen molar-refractivity contribution in [1.82, 2.24) is 19.0 Å². The smallest absolute Gasteiger partial charge is 0.242 e. The van der Waals surface area contributed by atoms with E-state index in [9.17, 15) is 13.4 Å². The lowest BCUT2D eigenvalue weighted by atomic mass is 10.1. The molecular weight excluding hydrogens is 449 g/mol. The SMILES string of the molecule is C=S1(=O)NC(c2ccc(-c3cnc[nH]3)s2)CC(C(=O)Nc2ccc(F)c(Cl)c2)N1C. The van der Waals surface area contributed by atoms with Gasteiger partial charge in [0.25, 0.3) is 0 Å². The molecule has 0 bridgehead atoms. The number of aromatic amines is 1. The van der Waals surface area contributed by atoms with Gasteiger partial charge >= 0.3 is 0 Å². The minimum Gasteiger partial charge on any atom is -0.344 e. The molecule has 0 saturated carbocycles. The fourth-order valence-electron chi connectivity index (χ4n) is 3.25. The van der Waals surface area contributed by atoms with Crippen LogP contribution in [0.15, 0.2) is 42.9 Å². The van der Waals surface area contributed by atoms with Crippen LogP contribution in [-0.2, 0) is 14.7 Å². The summed E-state index contributed by atoms with van der Waals surface area (Å²) in [5, 5.41) is 2.64. The molecule has 1 aliphatic heterocycles. The monoisotopic (exact) mass is 467 g/mol. The van der Waals surface area contributed by atoms with Crippen molar-refractivity contribution >= 4 is 50.3 Å². The van der Waals surface area contributed by atoms with Gasteiger partial charge in [-0.2, -0.15) is 0 Å². The Balaban J connectivity index is 1.57. The number of carbonyl (C=O) groups excluding carboxylic acids is 1. The van der Waals surface area contributed by atoms with Crippen molar-refractivity contribution in [1.29, 1.82) is 0 Å². The second-order valence-corrected chi connectivity index (χ2v) is 10.5. The molecule has 1 aliphatic rings. The van der Waals surface area contributed by atoms with E-state index < -0.39 is 21.8 Å². The summed E-state index contributed by atoms with van der Waals surface area (Å²) in [7, 11) is -1.29. The van der Waals surface area contributed by atoms with Crippen LogP contribution < -0.4 is 10.0 Å². The average molecular weight is 468 g/mol. The molecule has 1 fully saturated rings. The van der Waals surface area contributed by atoms with Crippen molar-refractivity contribution in [3.05, 3.63) is 58.6 Å². The van der Waals surface area contributed by atoms with E-state index >= 15 is 0 Å². The first kappa shape index (κ1) is 21.0.